The summed E-state index contributed by atoms with van der Waals surface area (Å²) in [5, 5.41) is 0.793. The molecule has 0 nitrogen and oxygen atoms in total. The Morgan fingerprint density at radius 2 is 1.89 bits per heavy atom. The molecular formula is C17H15Cl. The molecule has 0 heterocycles. The molecule has 0 saturated carbocycles. The van der Waals surface area contributed by atoms with Gasteiger partial charge < -0.3 is 0 Å². The van der Waals surface area contributed by atoms with Gasteiger partial charge in [0.2, 0.25) is 0 Å². The van der Waals surface area contributed by atoms with E-state index in [4.69, 9.17) is 11.6 Å². The van der Waals surface area contributed by atoms with Crippen molar-refractivity contribution in [1.82, 2.24) is 0 Å². The summed E-state index contributed by atoms with van der Waals surface area (Å²) in [5.74, 6) is 0.352. The van der Waals surface area contributed by atoms with Gasteiger partial charge in [0.1, 0.15) is 0 Å². The molecule has 1 heteroatoms. The van der Waals surface area contributed by atoms with Crippen LogP contribution in [0, 0.1) is 0 Å². The molecule has 2 aliphatic carbocycles. The number of hydrogen-bond acceptors (Lipinski definition) is 0. The largest absolute Gasteiger partial charge is 0.0843 e. The van der Waals surface area contributed by atoms with Gasteiger partial charge in [0.05, 0.1) is 0 Å². The van der Waals surface area contributed by atoms with Gasteiger partial charge in [-0.3, -0.25) is 0 Å². The summed E-state index contributed by atoms with van der Waals surface area (Å²) in [6.45, 7) is 2.20. The number of hydrogen-bond donors (Lipinski definition) is 0. The maximum Gasteiger partial charge on any atom is 0.0406 e. The van der Waals surface area contributed by atoms with Crippen LogP contribution in [-0.2, 0) is 0 Å². The molecule has 0 bridgehead atoms. The van der Waals surface area contributed by atoms with E-state index in [-0.39, 0.29) is 0 Å². The quantitative estimate of drug-likeness (QED) is 0.646. The summed E-state index contributed by atoms with van der Waals surface area (Å²) in [5.41, 5.74) is 5.62. The Morgan fingerprint density at radius 1 is 1.11 bits per heavy atom. The molecule has 18 heavy (non-hydrogen) atoms. The van der Waals surface area contributed by atoms with E-state index in [0.29, 0.717) is 5.92 Å². The van der Waals surface area contributed by atoms with Gasteiger partial charge in [-0.25, -0.2) is 0 Å². The van der Waals surface area contributed by atoms with Gasteiger partial charge in [-0.15, -0.1) is 0 Å². The van der Waals surface area contributed by atoms with E-state index >= 15 is 0 Å². The Kier molecular flexibility index (Phi) is 2.97. The normalized spacial score (nSPS) is 21.9. The second-order valence-corrected chi connectivity index (χ2v) is 5.36. The van der Waals surface area contributed by atoms with E-state index in [2.05, 4.69) is 49.4 Å². The van der Waals surface area contributed by atoms with Crippen molar-refractivity contribution in [2.75, 3.05) is 0 Å². The van der Waals surface area contributed by atoms with Crippen molar-refractivity contribution < 1.29 is 0 Å². The van der Waals surface area contributed by atoms with Crippen LogP contribution in [0.2, 0.25) is 5.02 Å². The lowest BCUT2D eigenvalue weighted by molar-refractivity contribution is 1.02. The maximum atomic E-state index is 5.96. The van der Waals surface area contributed by atoms with E-state index in [1.807, 2.05) is 12.1 Å². The Morgan fingerprint density at radius 3 is 2.67 bits per heavy atom. The van der Waals surface area contributed by atoms with Gasteiger partial charge in [-0.1, -0.05) is 59.7 Å². The molecule has 0 aromatic heterocycles. The standard InChI is InChI=1S/C17H15Cl/c1-12-10-14-4-2-3-5-16(17(14)11-12)13-6-8-15(18)9-7-13/h2-9,11,16H,10H2,1H3. The zero-order chi connectivity index (χ0) is 12.5. The molecule has 0 N–H and O–H groups in total. The highest BCUT2D eigenvalue weighted by molar-refractivity contribution is 6.30. The zero-order valence-electron chi connectivity index (χ0n) is 10.4. The highest BCUT2D eigenvalue weighted by Gasteiger charge is 2.20. The van der Waals surface area contributed by atoms with Crippen LogP contribution in [0.15, 0.2) is 71.4 Å². The van der Waals surface area contributed by atoms with Crippen molar-refractivity contribution in [1.29, 1.82) is 0 Å². The highest BCUT2D eigenvalue weighted by Crippen LogP contribution is 2.38. The average molecular weight is 255 g/mol. The summed E-state index contributed by atoms with van der Waals surface area (Å²) >= 11 is 5.96. The third-order valence-corrected chi connectivity index (χ3v) is 3.77. The summed E-state index contributed by atoms with van der Waals surface area (Å²) in [7, 11) is 0. The van der Waals surface area contributed by atoms with E-state index < -0.39 is 0 Å². The summed E-state index contributed by atoms with van der Waals surface area (Å²) < 4.78 is 0. The van der Waals surface area contributed by atoms with E-state index in [9.17, 15) is 0 Å². The van der Waals surface area contributed by atoms with Gasteiger partial charge in [-0.05, 0) is 42.2 Å². The monoisotopic (exact) mass is 254 g/mol. The van der Waals surface area contributed by atoms with Crippen LogP contribution >= 0.6 is 11.6 Å². The summed E-state index contributed by atoms with van der Waals surface area (Å²) in [4.78, 5) is 0. The lowest BCUT2D eigenvalue weighted by Crippen LogP contribution is -1.98. The highest BCUT2D eigenvalue weighted by atomic mass is 35.5. The van der Waals surface area contributed by atoms with Crippen molar-refractivity contribution in [3.8, 4) is 0 Å². The topological polar surface area (TPSA) is 0 Å². The van der Waals surface area contributed by atoms with Gasteiger partial charge in [0, 0.05) is 10.9 Å². The molecule has 0 saturated heterocycles. The van der Waals surface area contributed by atoms with Gasteiger partial charge >= 0.3 is 0 Å². The second kappa shape index (κ2) is 4.62. The molecule has 0 fully saturated rings. The van der Waals surface area contributed by atoms with E-state index in [0.717, 1.165) is 11.4 Å². The van der Waals surface area contributed by atoms with E-state index in [1.165, 1.54) is 22.3 Å². The third kappa shape index (κ3) is 2.09. The van der Waals surface area contributed by atoms with Crippen LogP contribution in [0.1, 0.15) is 24.8 Å². The Balaban J connectivity index is 2.05. The molecule has 0 spiro atoms. The molecule has 1 aromatic carbocycles. The Bertz CT molecular complexity index is 583. The van der Waals surface area contributed by atoms with Crippen molar-refractivity contribution in [2.45, 2.75) is 19.3 Å². The van der Waals surface area contributed by atoms with Crippen LogP contribution in [-0.4, -0.2) is 0 Å². The summed E-state index contributed by atoms with van der Waals surface area (Å²) in [6, 6.07) is 8.17. The predicted molar refractivity (Wildman–Crippen MR) is 77.9 cm³/mol. The first-order valence-corrected chi connectivity index (χ1v) is 6.62. The van der Waals surface area contributed by atoms with Crippen molar-refractivity contribution >= 4 is 11.6 Å². The number of halogens is 1. The minimum Gasteiger partial charge on any atom is -0.0843 e. The first-order chi connectivity index (χ1) is 8.74. The molecule has 90 valence electrons. The van der Waals surface area contributed by atoms with Crippen molar-refractivity contribution in [2.24, 2.45) is 0 Å². The first kappa shape index (κ1) is 11.6. The number of benzene rings is 1. The Labute approximate surface area is 113 Å². The van der Waals surface area contributed by atoms with Gasteiger partial charge in [0.25, 0.3) is 0 Å². The van der Waals surface area contributed by atoms with Gasteiger partial charge in [0.15, 0.2) is 0 Å². The molecule has 3 rings (SSSR count). The number of rotatable bonds is 1. The van der Waals surface area contributed by atoms with Crippen LogP contribution in [0.5, 0.6) is 0 Å². The van der Waals surface area contributed by atoms with Gasteiger partial charge in [-0.2, -0.15) is 0 Å². The molecule has 0 amide bonds. The predicted octanol–water partition coefficient (Wildman–Crippen LogP) is 5.20. The second-order valence-electron chi connectivity index (χ2n) is 4.92. The van der Waals surface area contributed by atoms with Crippen LogP contribution in [0.25, 0.3) is 0 Å². The van der Waals surface area contributed by atoms with E-state index in [1.54, 1.807) is 0 Å². The molecule has 0 aliphatic heterocycles. The maximum absolute atomic E-state index is 5.96. The van der Waals surface area contributed by atoms with Crippen LogP contribution < -0.4 is 0 Å². The molecule has 0 radical (unpaired) electrons. The fourth-order valence-corrected chi connectivity index (χ4v) is 2.79. The van der Waals surface area contributed by atoms with Crippen molar-refractivity contribution in [3.63, 3.8) is 0 Å². The fourth-order valence-electron chi connectivity index (χ4n) is 2.67. The molecule has 1 unspecified atom stereocenters. The first-order valence-electron chi connectivity index (χ1n) is 6.24. The third-order valence-electron chi connectivity index (χ3n) is 3.52. The Hall–Kier alpha value is -1.53. The zero-order valence-corrected chi connectivity index (χ0v) is 11.1. The smallest absolute Gasteiger partial charge is 0.0406 e. The SMILES string of the molecule is CC1=CC2=C(C=CC=CC2c2ccc(Cl)cc2)C1. The van der Waals surface area contributed by atoms with Crippen molar-refractivity contribution in [3.05, 3.63) is 82.0 Å². The minimum atomic E-state index is 0.352. The number of allylic oxidation sites excluding steroid dienone is 8. The minimum absolute atomic E-state index is 0.352. The molecule has 2 aliphatic rings. The molecule has 1 aromatic rings. The fraction of sp³-hybridized carbons (Fsp3) is 0.176. The molecular weight excluding hydrogens is 240 g/mol. The average Bonchev–Trinajstić information content (AvgIpc) is 2.61. The molecule has 1 atom stereocenters. The summed E-state index contributed by atoms with van der Waals surface area (Å²) in [6.07, 6.45) is 12.2. The lowest BCUT2D eigenvalue weighted by Gasteiger charge is -2.14. The van der Waals surface area contributed by atoms with Crippen LogP contribution in [0.4, 0.5) is 0 Å². The van der Waals surface area contributed by atoms with Crippen LogP contribution in [0.3, 0.4) is 0 Å². The lowest BCUT2D eigenvalue weighted by atomic mass is 9.90.